The molecule has 0 aliphatic rings. The molecule has 0 aliphatic heterocycles. The quantitative estimate of drug-likeness (QED) is 0.607. The van der Waals surface area contributed by atoms with E-state index < -0.39 is 0 Å². The normalized spacial score (nSPS) is 14.2. The highest BCUT2D eigenvalue weighted by Crippen LogP contribution is 1.98. The van der Waals surface area contributed by atoms with Crippen LogP contribution in [0.3, 0.4) is 0 Å². The third-order valence-corrected chi connectivity index (χ3v) is 1.39. The molecule has 2 heteroatoms. The third-order valence-electron chi connectivity index (χ3n) is 1.39. The predicted octanol–water partition coefficient (Wildman–Crippen LogP) is 1.45. The summed E-state index contributed by atoms with van der Waals surface area (Å²) in [5.74, 6) is 0.389. The Morgan fingerprint density at radius 3 is 1.90 bits per heavy atom. The maximum Gasteiger partial charge on any atom is 0.137 e. The van der Waals surface area contributed by atoms with Crippen LogP contribution < -0.4 is 5.32 Å². The van der Waals surface area contributed by atoms with E-state index in [0.29, 0.717) is 12.0 Å². The minimum absolute atomic E-state index is 0. The molecule has 10 heavy (non-hydrogen) atoms. The number of hydrogen-bond acceptors (Lipinski definition) is 2. The molecular weight excluding hydrogens is 126 g/mol. The maximum absolute atomic E-state index is 10.4. The second kappa shape index (κ2) is 4.45. The van der Waals surface area contributed by atoms with Gasteiger partial charge in [-0.05, 0) is 5.92 Å². The van der Waals surface area contributed by atoms with Gasteiger partial charge >= 0.3 is 0 Å². The molecule has 0 fully saturated rings. The summed E-state index contributed by atoms with van der Waals surface area (Å²) in [6, 6.07) is 0.401. The van der Waals surface area contributed by atoms with Crippen LogP contribution in [0.4, 0.5) is 0 Å². The Morgan fingerprint density at radius 1 is 1.30 bits per heavy atom. The van der Waals surface area contributed by atoms with Crippen molar-refractivity contribution in [3.8, 4) is 0 Å². The van der Waals surface area contributed by atoms with Crippen molar-refractivity contribution in [3.05, 3.63) is 0 Å². The van der Waals surface area contributed by atoms with Crippen molar-refractivity contribution in [2.75, 3.05) is 0 Å². The van der Waals surface area contributed by atoms with Gasteiger partial charge in [0.1, 0.15) is 6.29 Å². The van der Waals surface area contributed by atoms with Crippen LogP contribution in [-0.4, -0.2) is 18.4 Å². The van der Waals surface area contributed by atoms with E-state index in [9.17, 15) is 4.79 Å². The molecule has 0 aromatic carbocycles. The van der Waals surface area contributed by atoms with Crippen molar-refractivity contribution in [2.24, 2.45) is 5.92 Å². The van der Waals surface area contributed by atoms with Crippen LogP contribution in [0, 0.1) is 5.92 Å². The van der Waals surface area contributed by atoms with Crippen LogP contribution in [0.15, 0.2) is 0 Å². The zero-order valence-corrected chi connectivity index (χ0v) is 7.22. The number of nitrogens with one attached hydrogen (secondary N) is 1. The van der Waals surface area contributed by atoms with E-state index >= 15 is 0 Å². The summed E-state index contributed by atoms with van der Waals surface area (Å²) >= 11 is 0. The molecule has 1 N–H and O–H groups in total. The van der Waals surface area contributed by atoms with E-state index in [1.54, 1.807) is 0 Å². The van der Waals surface area contributed by atoms with E-state index in [2.05, 4.69) is 5.32 Å². The Kier molecular flexibility index (Phi) is 4.28. The number of rotatable bonds is 4. The molecule has 0 aliphatic carbocycles. The molecular formula is C8H19NO. The zero-order valence-electron chi connectivity index (χ0n) is 7.22. The van der Waals surface area contributed by atoms with Gasteiger partial charge in [0.25, 0.3) is 0 Å². The van der Waals surface area contributed by atoms with Crippen molar-refractivity contribution >= 4 is 6.29 Å². The summed E-state index contributed by atoms with van der Waals surface area (Å²) in [7, 11) is 0. The number of aldehydes is 1. The molecule has 62 valence electrons. The first kappa shape index (κ1) is 9.63. The SMILES string of the molecule is CC(C)NC(C=O)C(C)C.[HH]. The Hall–Kier alpha value is -0.370. The molecule has 0 bridgehead atoms. The summed E-state index contributed by atoms with van der Waals surface area (Å²) in [4.78, 5) is 10.4. The smallest absolute Gasteiger partial charge is 0.137 e. The Morgan fingerprint density at radius 2 is 1.80 bits per heavy atom. The van der Waals surface area contributed by atoms with E-state index in [4.69, 9.17) is 0 Å². The van der Waals surface area contributed by atoms with Crippen molar-refractivity contribution in [1.29, 1.82) is 0 Å². The lowest BCUT2D eigenvalue weighted by molar-refractivity contribution is -0.110. The molecule has 1 unspecified atom stereocenters. The van der Waals surface area contributed by atoms with Crippen molar-refractivity contribution in [2.45, 2.75) is 39.8 Å². The highest BCUT2D eigenvalue weighted by Gasteiger charge is 2.11. The summed E-state index contributed by atoms with van der Waals surface area (Å²) in [5, 5.41) is 3.16. The van der Waals surface area contributed by atoms with E-state index in [1.165, 1.54) is 0 Å². The fourth-order valence-electron chi connectivity index (χ4n) is 0.774. The minimum atomic E-state index is 0. The lowest BCUT2D eigenvalue weighted by Gasteiger charge is -2.18. The monoisotopic (exact) mass is 145 g/mol. The molecule has 0 amide bonds. The summed E-state index contributed by atoms with van der Waals surface area (Å²) < 4.78 is 0. The van der Waals surface area contributed by atoms with Gasteiger partial charge in [0.2, 0.25) is 0 Å². The van der Waals surface area contributed by atoms with Gasteiger partial charge in [-0.2, -0.15) is 0 Å². The predicted molar refractivity (Wildman–Crippen MR) is 45.1 cm³/mol. The molecule has 0 saturated heterocycles. The van der Waals surface area contributed by atoms with Crippen molar-refractivity contribution < 1.29 is 6.22 Å². The van der Waals surface area contributed by atoms with Crippen LogP contribution in [-0.2, 0) is 4.79 Å². The second-order valence-electron chi connectivity index (χ2n) is 3.23. The van der Waals surface area contributed by atoms with Gasteiger partial charge in [0, 0.05) is 7.47 Å². The first-order chi connectivity index (χ1) is 4.57. The Balaban J connectivity index is 0. The van der Waals surface area contributed by atoms with Crippen LogP contribution in [0.2, 0.25) is 0 Å². The van der Waals surface area contributed by atoms with Gasteiger partial charge in [-0.3, -0.25) is 0 Å². The molecule has 1 atom stereocenters. The standard InChI is InChI=1S/C8H17NO.H2/c1-6(2)8(5-10)9-7(3)4;/h5-9H,1-4H3;1H. The van der Waals surface area contributed by atoms with Gasteiger partial charge in [-0.25, -0.2) is 0 Å². The van der Waals surface area contributed by atoms with Gasteiger partial charge in [0.05, 0.1) is 6.04 Å². The molecule has 0 heterocycles. The van der Waals surface area contributed by atoms with Crippen LogP contribution >= 0.6 is 0 Å². The largest absolute Gasteiger partial charge is 0.305 e. The molecule has 0 aromatic heterocycles. The Bertz CT molecular complexity index is 104. The molecule has 0 aromatic rings. The van der Waals surface area contributed by atoms with Crippen molar-refractivity contribution in [3.63, 3.8) is 0 Å². The van der Waals surface area contributed by atoms with E-state index in [1.807, 2.05) is 27.7 Å². The van der Waals surface area contributed by atoms with E-state index in [-0.39, 0.29) is 7.47 Å². The fraction of sp³-hybridized carbons (Fsp3) is 0.875. The van der Waals surface area contributed by atoms with Crippen molar-refractivity contribution in [1.82, 2.24) is 5.32 Å². The molecule has 0 saturated carbocycles. The number of hydrogen-bond donors (Lipinski definition) is 1. The lowest BCUT2D eigenvalue weighted by atomic mass is 10.1. The lowest BCUT2D eigenvalue weighted by Crippen LogP contribution is -2.39. The molecule has 2 nitrogen and oxygen atoms in total. The third kappa shape index (κ3) is 3.62. The van der Waals surface area contributed by atoms with Gasteiger partial charge in [-0.15, -0.1) is 0 Å². The highest BCUT2D eigenvalue weighted by atomic mass is 16.1. The zero-order chi connectivity index (χ0) is 8.15. The van der Waals surface area contributed by atoms with Gasteiger partial charge in [-0.1, -0.05) is 27.7 Å². The minimum Gasteiger partial charge on any atom is -0.305 e. The average molecular weight is 145 g/mol. The summed E-state index contributed by atoms with van der Waals surface area (Å²) in [6.07, 6.45) is 0.977. The highest BCUT2D eigenvalue weighted by molar-refractivity contribution is 5.57. The van der Waals surface area contributed by atoms with Gasteiger partial charge < -0.3 is 10.1 Å². The van der Waals surface area contributed by atoms with E-state index in [0.717, 1.165) is 6.29 Å². The first-order valence-electron chi connectivity index (χ1n) is 3.79. The fourth-order valence-corrected chi connectivity index (χ4v) is 0.774. The molecule has 0 radical (unpaired) electrons. The topological polar surface area (TPSA) is 29.1 Å². The van der Waals surface area contributed by atoms with Crippen LogP contribution in [0.1, 0.15) is 29.1 Å². The number of carbonyl (C=O) groups excluding carboxylic acids is 1. The maximum atomic E-state index is 10.4. The Labute approximate surface area is 64.5 Å². The average Bonchev–Trinajstić information content (AvgIpc) is 1.81. The second-order valence-corrected chi connectivity index (χ2v) is 3.23. The molecule has 0 rings (SSSR count). The van der Waals surface area contributed by atoms with Crippen LogP contribution in [0.5, 0.6) is 0 Å². The first-order valence-corrected chi connectivity index (χ1v) is 3.79. The molecule has 0 spiro atoms. The summed E-state index contributed by atoms with van der Waals surface area (Å²) in [5.41, 5.74) is 0. The number of carbonyl (C=O) groups is 1. The summed E-state index contributed by atoms with van der Waals surface area (Å²) in [6.45, 7) is 8.15. The van der Waals surface area contributed by atoms with Gasteiger partial charge in [0.15, 0.2) is 0 Å². The van der Waals surface area contributed by atoms with Crippen LogP contribution in [0.25, 0.3) is 0 Å².